The van der Waals surface area contributed by atoms with Crippen LogP contribution in [0.1, 0.15) is 6.42 Å². The maximum atomic E-state index is 12.0. The number of thioether (sulfide) groups is 1. The highest BCUT2D eigenvalue weighted by molar-refractivity contribution is 8.00. The zero-order valence-electron chi connectivity index (χ0n) is 12.7. The van der Waals surface area contributed by atoms with Gasteiger partial charge in [-0.05, 0) is 36.2 Å². The Kier molecular flexibility index (Phi) is 6.04. The molecule has 1 aliphatic rings. The summed E-state index contributed by atoms with van der Waals surface area (Å²) in [6.45, 7) is 1.97. The molecule has 1 atom stereocenters. The van der Waals surface area contributed by atoms with Crippen molar-refractivity contribution in [2.24, 2.45) is 5.92 Å². The number of halogens is 3. The van der Waals surface area contributed by atoms with Crippen molar-refractivity contribution in [1.29, 1.82) is 0 Å². The molecule has 0 unspecified atom stereocenters. The quantitative estimate of drug-likeness (QED) is 0.858. The summed E-state index contributed by atoms with van der Waals surface area (Å²) in [5, 5.41) is 2.58. The van der Waals surface area contributed by atoms with E-state index in [2.05, 4.69) is 10.2 Å². The number of para-hydroxylation sites is 2. The lowest BCUT2D eigenvalue weighted by atomic mass is 10.1. The smallest absolute Gasteiger partial charge is 0.442 e. The normalized spacial score (nSPS) is 18.1. The first-order valence-corrected chi connectivity index (χ1v) is 8.23. The molecule has 1 aromatic rings. The predicted molar refractivity (Wildman–Crippen MR) is 84.8 cm³/mol. The van der Waals surface area contributed by atoms with Gasteiger partial charge in [0.2, 0.25) is 5.91 Å². The average Bonchev–Trinajstić information content (AvgIpc) is 2.99. The summed E-state index contributed by atoms with van der Waals surface area (Å²) in [5.41, 5.74) is -3.37. The Bertz CT molecular complexity index is 540. The number of benzene rings is 1. The first-order valence-electron chi connectivity index (χ1n) is 7.24. The van der Waals surface area contributed by atoms with Crippen molar-refractivity contribution >= 4 is 23.4 Å². The number of anilines is 1. The van der Waals surface area contributed by atoms with Crippen molar-refractivity contribution in [2.75, 3.05) is 37.4 Å². The van der Waals surface area contributed by atoms with E-state index in [0.717, 1.165) is 30.9 Å². The molecule has 8 heteroatoms. The Morgan fingerprint density at radius 3 is 2.87 bits per heavy atom. The first-order chi connectivity index (χ1) is 10.9. The number of rotatable bonds is 6. The van der Waals surface area contributed by atoms with E-state index >= 15 is 0 Å². The third-order valence-corrected chi connectivity index (χ3v) is 4.40. The van der Waals surface area contributed by atoms with Crippen LogP contribution in [0.15, 0.2) is 24.3 Å². The molecule has 23 heavy (non-hydrogen) atoms. The second-order valence-electron chi connectivity index (χ2n) is 5.31. The molecule has 0 aliphatic carbocycles. The largest absolute Gasteiger partial charge is 0.495 e. The van der Waals surface area contributed by atoms with E-state index in [1.165, 1.54) is 0 Å². The molecule has 2 rings (SSSR count). The van der Waals surface area contributed by atoms with Crippen LogP contribution in [-0.2, 0) is 4.79 Å². The van der Waals surface area contributed by atoms with Gasteiger partial charge in [0.1, 0.15) is 5.75 Å². The standard InChI is InChI=1S/C15H19F3N2O2S/c1-22-13-5-3-2-4-12(13)20-7-6-11(9-20)8-19-14(21)10-23-15(16,17)18/h2-5,11H,6-10H2,1H3,(H,19,21)/t11-/m0/s1. The molecule has 1 aromatic carbocycles. The van der Waals surface area contributed by atoms with E-state index < -0.39 is 17.2 Å². The molecule has 4 nitrogen and oxygen atoms in total. The van der Waals surface area contributed by atoms with E-state index in [9.17, 15) is 18.0 Å². The number of carbonyl (C=O) groups is 1. The van der Waals surface area contributed by atoms with Crippen molar-refractivity contribution in [3.63, 3.8) is 0 Å². The van der Waals surface area contributed by atoms with Crippen LogP contribution in [0.25, 0.3) is 0 Å². The monoisotopic (exact) mass is 348 g/mol. The molecule has 1 fully saturated rings. The van der Waals surface area contributed by atoms with Gasteiger partial charge in [0.05, 0.1) is 18.6 Å². The van der Waals surface area contributed by atoms with E-state index in [1.54, 1.807) is 7.11 Å². The highest BCUT2D eigenvalue weighted by Gasteiger charge is 2.30. The number of hydrogen-bond acceptors (Lipinski definition) is 4. The van der Waals surface area contributed by atoms with Crippen LogP contribution in [0.3, 0.4) is 0 Å². The highest BCUT2D eigenvalue weighted by Crippen LogP contribution is 2.32. The van der Waals surface area contributed by atoms with Gasteiger partial charge in [-0.15, -0.1) is 0 Å². The Morgan fingerprint density at radius 2 is 2.17 bits per heavy atom. The molecule has 1 aliphatic heterocycles. The fourth-order valence-corrected chi connectivity index (χ4v) is 2.96. The van der Waals surface area contributed by atoms with Gasteiger partial charge >= 0.3 is 5.51 Å². The van der Waals surface area contributed by atoms with Crippen molar-refractivity contribution < 1.29 is 22.7 Å². The van der Waals surface area contributed by atoms with Gasteiger partial charge in [0.15, 0.2) is 0 Å². The van der Waals surface area contributed by atoms with Crippen LogP contribution >= 0.6 is 11.8 Å². The molecule has 0 aromatic heterocycles. The van der Waals surface area contributed by atoms with Crippen LogP contribution in [0.2, 0.25) is 0 Å². The zero-order valence-corrected chi connectivity index (χ0v) is 13.5. The van der Waals surface area contributed by atoms with Crippen molar-refractivity contribution in [2.45, 2.75) is 11.9 Å². The summed E-state index contributed by atoms with van der Waals surface area (Å²) in [7, 11) is 1.62. The summed E-state index contributed by atoms with van der Waals surface area (Å²) < 4.78 is 41.4. The number of hydrogen-bond donors (Lipinski definition) is 1. The second-order valence-corrected chi connectivity index (χ2v) is 6.35. The van der Waals surface area contributed by atoms with Crippen LogP contribution in [0, 0.1) is 5.92 Å². The predicted octanol–water partition coefficient (Wildman–Crippen LogP) is 2.89. The number of alkyl halides is 3. The van der Waals surface area contributed by atoms with Crippen molar-refractivity contribution in [1.82, 2.24) is 5.32 Å². The SMILES string of the molecule is COc1ccccc1N1CC[C@@H](CNC(=O)CSC(F)(F)F)C1. The Balaban J connectivity index is 1.78. The lowest BCUT2D eigenvalue weighted by Crippen LogP contribution is -2.32. The Hall–Kier alpha value is -1.57. The lowest BCUT2D eigenvalue weighted by Gasteiger charge is -2.21. The molecule has 0 spiro atoms. The minimum Gasteiger partial charge on any atom is -0.495 e. The summed E-state index contributed by atoms with van der Waals surface area (Å²) in [6, 6.07) is 7.69. The van der Waals surface area contributed by atoms with Crippen LogP contribution in [-0.4, -0.2) is 43.9 Å². The maximum absolute atomic E-state index is 12.0. The fraction of sp³-hybridized carbons (Fsp3) is 0.533. The molecular weight excluding hydrogens is 329 g/mol. The number of amides is 1. The molecule has 1 N–H and O–H groups in total. The minimum atomic E-state index is -4.37. The Labute approximate surface area is 137 Å². The summed E-state index contributed by atoms with van der Waals surface area (Å²) in [5.74, 6) is -0.159. The molecule has 1 heterocycles. The molecule has 1 amide bonds. The third kappa shape index (κ3) is 5.53. The third-order valence-electron chi connectivity index (χ3n) is 3.67. The highest BCUT2D eigenvalue weighted by atomic mass is 32.2. The molecule has 0 saturated carbocycles. The number of carbonyl (C=O) groups excluding carboxylic acids is 1. The van der Waals surface area contributed by atoms with E-state index in [0.29, 0.717) is 6.54 Å². The summed E-state index contributed by atoms with van der Waals surface area (Å²) in [4.78, 5) is 13.6. The molecular formula is C15H19F3N2O2S. The summed E-state index contributed by atoms with van der Waals surface area (Å²) >= 11 is -0.312. The van der Waals surface area contributed by atoms with Gasteiger partial charge in [0, 0.05) is 19.6 Å². The number of nitrogens with one attached hydrogen (secondary N) is 1. The fourth-order valence-electron chi connectivity index (χ4n) is 2.57. The van der Waals surface area contributed by atoms with Crippen LogP contribution < -0.4 is 15.0 Å². The van der Waals surface area contributed by atoms with Gasteiger partial charge in [-0.2, -0.15) is 13.2 Å². The maximum Gasteiger partial charge on any atom is 0.442 e. The summed E-state index contributed by atoms with van der Waals surface area (Å²) in [6.07, 6.45) is 0.880. The molecule has 0 bridgehead atoms. The first kappa shape index (κ1) is 17.8. The molecule has 1 saturated heterocycles. The van der Waals surface area contributed by atoms with Gasteiger partial charge in [-0.1, -0.05) is 12.1 Å². The minimum absolute atomic E-state index is 0.222. The lowest BCUT2D eigenvalue weighted by molar-refractivity contribution is -0.119. The number of ether oxygens (including phenoxy) is 1. The van der Waals surface area contributed by atoms with E-state index in [-0.39, 0.29) is 17.7 Å². The van der Waals surface area contributed by atoms with Crippen LogP contribution in [0.5, 0.6) is 5.75 Å². The zero-order chi connectivity index (χ0) is 16.9. The van der Waals surface area contributed by atoms with Crippen LogP contribution in [0.4, 0.5) is 18.9 Å². The second kappa shape index (κ2) is 7.81. The van der Waals surface area contributed by atoms with Gasteiger partial charge in [-0.25, -0.2) is 0 Å². The Morgan fingerprint density at radius 1 is 1.43 bits per heavy atom. The van der Waals surface area contributed by atoms with Crippen molar-refractivity contribution in [3.05, 3.63) is 24.3 Å². The number of nitrogens with zero attached hydrogens (tertiary/aromatic N) is 1. The number of methoxy groups -OCH3 is 1. The van der Waals surface area contributed by atoms with Crippen molar-refractivity contribution in [3.8, 4) is 5.75 Å². The molecule has 0 radical (unpaired) electrons. The van der Waals surface area contributed by atoms with E-state index in [1.807, 2.05) is 24.3 Å². The average molecular weight is 348 g/mol. The van der Waals surface area contributed by atoms with Gasteiger partial charge in [-0.3, -0.25) is 4.79 Å². The van der Waals surface area contributed by atoms with E-state index in [4.69, 9.17) is 4.74 Å². The van der Waals surface area contributed by atoms with Gasteiger partial charge in [0.25, 0.3) is 0 Å². The topological polar surface area (TPSA) is 41.6 Å². The molecule has 128 valence electrons. The van der Waals surface area contributed by atoms with Gasteiger partial charge < -0.3 is 15.0 Å².